The Labute approximate surface area is 113 Å². The summed E-state index contributed by atoms with van der Waals surface area (Å²) in [4.78, 5) is 0. The number of halogens is 2. The Bertz CT molecular complexity index is 581. The third-order valence-corrected chi connectivity index (χ3v) is 3.29. The molecule has 0 spiro atoms. The number of hydrogen-bond donors (Lipinski definition) is 1. The van der Waals surface area contributed by atoms with E-state index in [0.717, 1.165) is 35.7 Å². The van der Waals surface area contributed by atoms with Crippen molar-refractivity contribution >= 4 is 51.6 Å². The summed E-state index contributed by atoms with van der Waals surface area (Å²) in [6.45, 7) is 2.53. The molecule has 88 valence electrons. The van der Waals surface area contributed by atoms with Gasteiger partial charge in [-0.15, -0.1) is 11.8 Å². The van der Waals surface area contributed by atoms with Crippen LogP contribution < -0.4 is 5.32 Å². The van der Waals surface area contributed by atoms with Crippen LogP contribution in [0.3, 0.4) is 0 Å². The summed E-state index contributed by atoms with van der Waals surface area (Å²) in [5.74, 6) is 5.82. The van der Waals surface area contributed by atoms with Crippen molar-refractivity contribution in [2.45, 2.75) is 13.3 Å². The molecule has 2 rings (SSSR count). The van der Waals surface area contributed by atoms with E-state index in [1.54, 1.807) is 6.07 Å². The third-order valence-electron chi connectivity index (χ3n) is 2.17. The van der Waals surface area contributed by atoms with Crippen LogP contribution in [0.1, 0.15) is 13.3 Å². The first-order chi connectivity index (χ1) is 8.24. The normalized spacial score (nSPS) is 11.5. The molecule has 17 heavy (non-hydrogen) atoms. The highest BCUT2D eigenvalue weighted by Gasteiger charge is 2.17. The van der Waals surface area contributed by atoms with Crippen LogP contribution in [0.4, 0.5) is 17.1 Å². The lowest BCUT2D eigenvalue weighted by Crippen LogP contribution is -2.01. The van der Waals surface area contributed by atoms with Crippen molar-refractivity contribution in [3.05, 3.63) is 16.1 Å². The SMILES string of the molecule is CC#CCCNc1c(Cl)cc(Cl)c2c1N=S=N2. The Hall–Kier alpha value is -1.02. The average Bonchev–Trinajstić information content (AvgIpc) is 2.77. The Kier molecular flexibility index (Phi) is 4.06. The molecule has 0 fully saturated rings. The van der Waals surface area contributed by atoms with Crippen molar-refractivity contribution in [1.82, 2.24) is 0 Å². The van der Waals surface area contributed by atoms with Crippen molar-refractivity contribution in [3.63, 3.8) is 0 Å². The van der Waals surface area contributed by atoms with Gasteiger partial charge in [0.25, 0.3) is 0 Å². The van der Waals surface area contributed by atoms with Crippen LogP contribution in [0.5, 0.6) is 0 Å². The van der Waals surface area contributed by atoms with Gasteiger partial charge in [0.15, 0.2) is 0 Å². The van der Waals surface area contributed by atoms with Gasteiger partial charge in [0.2, 0.25) is 0 Å². The Morgan fingerprint density at radius 1 is 1.29 bits per heavy atom. The van der Waals surface area contributed by atoms with Crippen LogP contribution in [0.2, 0.25) is 10.0 Å². The molecule has 1 aromatic carbocycles. The van der Waals surface area contributed by atoms with Crippen LogP contribution >= 0.6 is 23.2 Å². The predicted octanol–water partition coefficient (Wildman–Crippen LogP) is 4.55. The molecular weight excluding hydrogens is 277 g/mol. The molecule has 1 aliphatic rings. The zero-order valence-corrected chi connectivity index (χ0v) is 11.4. The summed E-state index contributed by atoms with van der Waals surface area (Å²) in [5, 5.41) is 4.30. The van der Waals surface area contributed by atoms with E-state index < -0.39 is 0 Å². The molecule has 0 unspecified atom stereocenters. The van der Waals surface area contributed by atoms with E-state index in [9.17, 15) is 0 Å². The highest BCUT2D eigenvalue weighted by Crippen LogP contribution is 2.47. The van der Waals surface area contributed by atoms with Gasteiger partial charge in [0, 0.05) is 13.0 Å². The second-order valence-electron chi connectivity index (χ2n) is 3.28. The van der Waals surface area contributed by atoms with E-state index in [2.05, 4.69) is 25.9 Å². The van der Waals surface area contributed by atoms with Crippen molar-refractivity contribution < 1.29 is 0 Å². The maximum absolute atomic E-state index is 6.13. The van der Waals surface area contributed by atoms with Crippen molar-refractivity contribution in [2.24, 2.45) is 8.73 Å². The Morgan fingerprint density at radius 2 is 2.06 bits per heavy atom. The lowest BCUT2D eigenvalue weighted by atomic mass is 10.2. The molecule has 3 nitrogen and oxygen atoms in total. The molecule has 0 aromatic heterocycles. The molecule has 1 heterocycles. The average molecular weight is 286 g/mol. The molecule has 6 heteroatoms. The van der Waals surface area contributed by atoms with Gasteiger partial charge in [-0.05, 0) is 13.0 Å². The lowest BCUT2D eigenvalue weighted by molar-refractivity contribution is 1.10. The largest absolute Gasteiger partial charge is 0.381 e. The topological polar surface area (TPSA) is 36.8 Å². The molecule has 0 atom stereocenters. The highest BCUT2D eigenvalue weighted by molar-refractivity contribution is 7.58. The number of rotatable bonds is 3. The van der Waals surface area contributed by atoms with E-state index in [1.807, 2.05) is 6.92 Å². The van der Waals surface area contributed by atoms with Gasteiger partial charge in [-0.25, -0.2) is 0 Å². The summed E-state index contributed by atoms with van der Waals surface area (Å²) in [7, 11) is 0. The van der Waals surface area contributed by atoms with Gasteiger partial charge in [0.1, 0.15) is 11.4 Å². The minimum Gasteiger partial charge on any atom is -0.381 e. The zero-order valence-electron chi connectivity index (χ0n) is 9.05. The van der Waals surface area contributed by atoms with E-state index in [0.29, 0.717) is 15.7 Å². The summed E-state index contributed by atoms with van der Waals surface area (Å²) in [6, 6.07) is 1.68. The van der Waals surface area contributed by atoms with Crippen LogP contribution in [0.25, 0.3) is 0 Å². The van der Waals surface area contributed by atoms with Crippen LogP contribution in [-0.2, 0) is 11.4 Å². The maximum atomic E-state index is 6.13. The molecule has 0 saturated heterocycles. The molecular formula is C11H9Cl2N3S. The van der Waals surface area contributed by atoms with E-state index in [1.165, 1.54) is 0 Å². The van der Waals surface area contributed by atoms with E-state index in [-0.39, 0.29) is 0 Å². The highest BCUT2D eigenvalue weighted by atomic mass is 35.5. The number of nitrogens with one attached hydrogen (secondary N) is 1. The summed E-state index contributed by atoms with van der Waals surface area (Å²) >= 11 is 13.3. The minimum atomic E-state index is 0.526. The quantitative estimate of drug-likeness (QED) is 0.652. The number of anilines is 1. The number of hydrogen-bond acceptors (Lipinski definition) is 3. The molecule has 1 N–H and O–H groups in total. The van der Waals surface area contributed by atoms with Crippen molar-refractivity contribution in [1.29, 1.82) is 0 Å². The molecule has 1 aromatic rings. The van der Waals surface area contributed by atoms with Crippen molar-refractivity contribution in [2.75, 3.05) is 11.9 Å². The number of nitrogens with zero attached hydrogens (tertiary/aromatic N) is 2. The van der Waals surface area contributed by atoms with E-state index in [4.69, 9.17) is 23.2 Å². The summed E-state index contributed by atoms with van der Waals surface area (Å²) in [5.41, 5.74) is 2.18. The maximum Gasteiger partial charge on any atom is 0.130 e. The Morgan fingerprint density at radius 3 is 2.82 bits per heavy atom. The standard InChI is InChI=1S/C11H9Cl2N3S/c1-2-3-4-5-14-9-7(12)6-8(13)10-11(9)16-17-15-10/h6,14H,4-5H2,1H3. The minimum absolute atomic E-state index is 0.526. The first-order valence-corrected chi connectivity index (χ1v) is 6.46. The molecule has 1 aliphatic heterocycles. The molecule has 0 saturated carbocycles. The van der Waals surface area contributed by atoms with Gasteiger partial charge in [0.05, 0.1) is 27.1 Å². The van der Waals surface area contributed by atoms with Crippen LogP contribution in [0, 0.1) is 11.8 Å². The molecule has 0 bridgehead atoms. The zero-order chi connectivity index (χ0) is 12.3. The summed E-state index contributed by atoms with van der Waals surface area (Å²) < 4.78 is 8.34. The number of fused-ring (bicyclic) bond motifs is 1. The van der Waals surface area contributed by atoms with Gasteiger partial charge in [-0.1, -0.05) is 23.2 Å². The fraction of sp³-hybridized carbons (Fsp3) is 0.273. The fourth-order valence-electron chi connectivity index (χ4n) is 1.42. The van der Waals surface area contributed by atoms with Gasteiger partial charge in [-0.2, -0.15) is 8.73 Å². The molecule has 0 radical (unpaired) electrons. The van der Waals surface area contributed by atoms with Gasteiger partial charge in [-0.3, -0.25) is 0 Å². The predicted molar refractivity (Wildman–Crippen MR) is 74.6 cm³/mol. The van der Waals surface area contributed by atoms with Crippen LogP contribution in [0.15, 0.2) is 14.8 Å². The number of benzene rings is 1. The smallest absolute Gasteiger partial charge is 0.130 e. The monoisotopic (exact) mass is 285 g/mol. The fourth-order valence-corrected chi connectivity index (χ4v) is 2.60. The summed E-state index contributed by atoms with van der Waals surface area (Å²) in [6.07, 6.45) is 0.758. The molecule has 0 amide bonds. The second-order valence-corrected chi connectivity index (χ2v) is 4.62. The van der Waals surface area contributed by atoms with Crippen molar-refractivity contribution in [3.8, 4) is 11.8 Å². The van der Waals surface area contributed by atoms with Gasteiger partial charge < -0.3 is 5.32 Å². The molecule has 0 aliphatic carbocycles. The third kappa shape index (κ3) is 2.63. The second kappa shape index (κ2) is 5.54. The first kappa shape index (κ1) is 12.4. The Balaban J connectivity index is 2.25. The van der Waals surface area contributed by atoms with Crippen LogP contribution in [-0.4, -0.2) is 6.54 Å². The van der Waals surface area contributed by atoms with E-state index >= 15 is 0 Å². The van der Waals surface area contributed by atoms with Gasteiger partial charge >= 0.3 is 0 Å². The lowest BCUT2D eigenvalue weighted by Gasteiger charge is -2.10. The first-order valence-electron chi connectivity index (χ1n) is 4.97.